The number of hydrogen-bond acceptors (Lipinski definition) is 2. The molecule has 0 unspecified atom stereocenters. The van der Waals surface area contributed by atoms with Gasteiger partial charge in [-0.05, 0) is 62.3 Å². The average molecular weight is 353 g/mol. The lowest BCUT2D eigenvalue weighted by molar-refractivity contribution is 0.102. The van der Waals surface area contributed by atoms with Gasteiger partial charge in [-0.25, -0.2) is 0 Å². The molecule has 0 aliphatic heterocycles. The van der Waals surface area contributed by atoms with Gasteiger partial charge in [0.1, 0.15) is 0 Å². The van der Waals surface area contributed by atoms with Crippen LogP contribution in [0.1, 0.15) is 78.5 Å². The highest BCUT2D eigenvalue weighted by Crippen LogP contribution is 2.25. The van der Waals surface area contributed by atoms with Crippen LogP contribution in [0.4, 0.5) is 5.69 Å². The molecule has 0 saturated heterocycles. The van der Waals surface area contributed by atoms with Crippen molar-refractivity contribution < 1.29 is 4.79 Å². The Morgan fingerprint density at radius 2 is 1.65 bits per heavy atom. The van der Waals surface area contributed by atoms with Crippen LogP contribution in [0.3, 0.4) is 0 Å². The van der Waals surface area contributed by atoms with Gasteiger partial charge in [0.2, 0.25) is 0 Å². The minimum Gasteiger partial charge on any atom is -0.321 e. The minimum atomic E-state index is -0.0305. The van der Waals surface area contributed by atoms with E-state index >= 15 is 0 Å². The summed E-state index contributed by atoms with van der Waals surface area (Å²) < 4.78 is 0. The molecule has 0 atom stereocenters. The maximum absolute atomic E-state index is 13.2. The lowest BCUT2D eigenvalue weighted by Gasteiger charge is -2.17. The first-order valence-corrected chi connectivity index (χ1v) is 9.90. The molecule has 3 heteroatoms. The zero-order valence-corrected chi connectivity index (χ0v) is 16.9. The molecule has 140 valence electrons. The lowest BCUT2D eigenvalue weighted by Crippen LogP contribution is -2.19. The van der Waals surface area contributed by atoms with E-state index in [9.17, 15) is 4.79 Å². The van der Waals surface area contributed by atoms with E-state index in [2.05, 4.69) is 55.3 Å². The minimum absolute atomic E-state index is 0.0305. The summed E-state index contributed by atoms with van der Waals surface area (Å²) in [6.45, 7) is 10.4. The number of nitrogens with zero attached hydrogens (tertiary/aromatic N) is 1. The summed E-state index contributed by atoms with van der Waals surface area (Å²) >= 11 is 0. The summed E-state index contributed by atoms with van der Waals surface area (Å²) in [6, 6.07) is 8.33. The third-order valence-electron chi connectivity index (χ3n) is 4.92. The number of hydrogen-bond donors (Lipinski definition) is 1. The van der Waals surface area contributed by atoms with Crippen molar-refractivity contribution >= 4 is 11.6 Å². The van der Waals surface area contributed by atoms with Crippen LogP contribution in [0, 0.1) is 13.8 Å². The molecule has 0 bridgehead atoms. The van der Waals surface area contributed by atoms with Crippen molar-refractivity contribution in [1.82, 2.24) is 4.98 Å². The van der Waals surface area contributed by atoms with Gasteiger partial charge in [-0.15, -0.1) is 0 Å². The quantitative estimate of drug-likeness (QED) is 0.609. The SMILES string of the molecule is CCCCCc1cc(C)nc(C)c1C(=O)Nc1c(CC)cccc1CC. The molecular formula is C23H32N2O. The van der Waals surface area contributed by atoms with Crippen LogP contribution in [0.25, 0.3) is 0 Å². The van der Waals surface area contributed by atoms with Crippen molar-refractivity contribution in [2.45, 2.75) is 73.1 Å². The third kappa shape index (κ3) is 4.72. The molecule has 0 spiro atoms. The van der Waals surface area contributed by atoms with E-state index in [4.69, 9.17) is 0 Å². The largest absolute Gasteiger partial charge is 0.321 e. The van der Waals surface area contributed by atoms with Crippen molar-refractivity contribution in [1.29, 1.82) is 0 Å². The van der Waals surface area contributed by atoms with Crippen molar-refractivity contribution in [3.8, 4) is 0 Å². The fourth-order valence-electron chi connectivity index (χ4n) is 3.56. The van der Waals surface area contributed by atoms with Gasteiger partial charge in [0.15, 0.2) is 0 Å². The number of benzene rings is 1. The molecule has 1 heterocycles. The Kier molecular flexibility index (Phi) is 7.38. The standard InChI is InChI=1S/C23H32N2O/c1-6-9-10-12-20-15-16(4)24-17(5)21(20)23(26)25-22-18(7-2)13-11-14-19(22)8-3/h11,13-15H,6-10,12H2,1-5H3,(H,25,26). The summed E-state index contributed by atoms with van der Waals surface area (Å²) in [5.41, 5.74) is 7.01. The van der Waals surface area contributed by atoms with E-state index in [1.165, 1.54) is 24.0 Å². The maximum atomic E-state index is 13.2. The summed E-state index contributed by atoms with van der Waals surface area (Å²) in [5, 5.41) is 3.21. The van der Waals surface area contributed by atoms with Gasteiger partial charge in [0.25, 0.3) is 5.91 Å². The Hall–Kier alpha value is -2.16. The number of rotatable bonds is 8. The third-order valence-corrected chi connectivity index (χ3v) is 4.92. The second-order valence-corrected chi connectivity index (χ2v) is 6.95. The predicted molar refractivity (Wildman–Crippen MR) is 110 cm³/mol. The van der Waals surface area contributed by atoms with Crippen LogP contribution < -0.4 is 5.32 Å². The van der Waals surface area contributed by atoms with Gasteiger partial charge in [-0.2, -0.15) is 0 Å². The summed E-state index contributed by atoms with van der Waals surface area (Å²) in [5.74, 6) is -0.0305. The fraction of sp³-hybridized carbons (Fsp3) is 0.478. The summed E-state index contributed by atoms with van der Waals surface area (Å²) in [4.78, 5) is 17.7. The number of amides is 1. The Morgan fingerprint density at radius 1 is 1.00 bits per heavy atom. The number of anilines is 1. The Bertz CT molecular complexity index is 743. The molecule has 1 aromatic carbocycles. The monoisotopic (exact) mass is 352 g/mol. The Balaban J connectivity index is 2.38. The first-order valence-electron chi connectivity index (χ1n) is 9.90. The van der Waals surface area contributed by atoms with Crippen molar-refractivity contribution in [2.24, 2.45) is 0 Å². The molecular weight excluding hydrogens is 320 g/mol. The van der Waals surface area contributed by atoms with E-state index in [0.29, 0.717) is 0 Å². The van der Waals surface area contributed by atoms with Crippen LogP contribution in [-0.2, 0) is 19.3 Å². The number of nitrogens with one attached hydrogen (secondary N) is 1. The molecule has 26 heavy (non-hydrogen) atoms. The number of carbonyl (C=O) groups excluding carboxylic acids is 1. The highest BCUT2D eigenvalue weighted by molar-refractivity contribution is 6.06. The van der Waals surface area contributed by atoms with E-state index in [1.54, 1.807) is 0 Å². The molecule has 1 aromatic heterocycles. The lowest BCUT2D eigenvalue weighted by atomic mass is 9.98. The van der Waals surface area contributed by atoms with Crippen molar-refractivity contribution in [2.75, 3.05) is 5.32 Å². The molecule has 1 N–H and O–H groups in total. The van der Waals surface area contributed by atoms with Crippen molar-refractivity contribution in [3.05, 3.63) is 57.9 Å². The molecule has 0 aliphatic rings. The van der Waals surface area contributed by atoms with Crippen molar-refractivity contribution in [3.63, 3.8) is 0 Å². The number of unbranched alkanes of at least 4 members (excludes halogenated alkanes) is 2. The molecule has 2 rings (SSSR count). The first kappa shape index (κ1) is 20.2. The number of pyridine rings is 1. The fourth-order valence-corrected chi connectivity index (χ4v) is 3.56. The summed E-state index contributed by atoms with van der Waals surface area (Å²) in [7, 11) is 0. The van der Waals surface area contributed by atoms with Gasteiger partial charge in [0, 0.05) is 11.4 Å². The Morgan fingerprint density at radius 3 is 2.23 bits per heavy atom. The van der Waals surface area contributed by atoms with Crippen LogP contribution >= 0.6 is 0 Å². The zero-order chi connectivity index (χ0) is 19.1. The molecule has 0 radical (unpaired) electrons. The molecule has 1 amide bonds. The average Bonchev–Trinajstić information content (AvgIpc) is 2.61. The van der Waals surface area contributed by atoms with Gasteiger partial charge in [-0.1, -0.05) is 51.8 Å². The van der Waals surface area contributed by atoms with E-state index in [0.717, 1.165) is 53.9 Å². The van der Waals surface area contributed by atoms with E-state index < -0.39 is 0 Å². The highest BCUT2D eigenvalue weighted by atomic mass is 16.1. The second-order valence-electron chi connectivity index (χ2n) is 6.95. The Labute approximate surface area is 158 Å². The van der Waals surface area contributed by atoms with Gasteiger partial charge in [0.05, 0.1) is 11.3 Å². The highest BCUT2D eigenvalue weighted by Gasteiger charge is 2.18. The number of aromatic nitrogens is 1. The zero-order valence-electron chi connectivity index (χ0n) is 16.9. The molecule has 3 nitrogen and oxygen atoms in total. The van der Waals surface area contributed by atoms with Crippen LogP contribution in [-0.4, -0.2) is 10.9 Å². The van der Waals surface area contributed by atoms with Gasteiger partial charge < -0.3 is 5.32 Å². The molecule has 2 aromatic rings. The van der Waals surface area contributed by atoms with E-state index in [1.807, 2.05) is 13.8 Å². The molecule has 0 fully saturated rings. The molecule has 0 saturated carbocycles. The van der Waals surface area contributed by atoms with Crippen LogP contribution in [0.15, 0.2) is 24.3 Å². The smallest absolute Gasteiger partial charge is 0.257 e. The topological polar surface area (TPSA) is 42.0 Å². The first-order chi connectivity index (χ1) is 12.5. The van der Waals surface area contributed by atoms with Crippen LogP contribution in [0.5, 0.6) is 0 Å². The summed E-state index contributed by atoms with van der Waals surface area (Å²) in [6.07, 6.45) is 6.19. The number of para-hydroxylation sites is 1. The van der Waals surface area contributed by atoms with Gasteiger partial charge in [-0.3, -0.25) is 9.78 Å². The van der Waals surface area contributed by atoms with Crippen LogP contribution in [0.2, 0.25) is 0 Å². The predicted octanol–water partition coefficient (Wildman–Crippen LogP) is 5.81. The second kappa shape index (κ2) is 9.51. The normalized spacial score (nSPS) is 10.8. The molecule has 0 aliphatic carbocycles. The van der Waals surface area contributed by atoms with Gasteiger partial charge >= 0.3 is 0 Å². The number of carbonyl (C=O) groups is 1. The van der Waals surface area contributed by atoms with E-state index in [-0.39, 0.29) is 5.91 Å². The maximum Gasteiger partial charge on any atom is 0.257 e. The number of aryl methyl sites for hydroxylation is 5.